The molecule has 0 aliphatic heterocycles. The van der Waals surface area contributed by atoms with Crippen molar-refractivity contribution < 1.29 is 36.2 Å². The third-order valence-corrected chi connectivity index (χ3v) is 9.43. The number of hydrogen-bond acceptors (Lipinski definition) is 5. The Bertz CT molecular complexity index is 1190. The van der Waals surface area contributed by atoms with Gasteiger partial charge in [-0.1, -0.05) is 11.6 Å². The van der Waals surface area contributed by atoms with Crippen molar-refractivity contribution >= 4 is 33.0 Å². The van der Waals surface area contributed by atoms with Gasteiger partial charge in [0.2, 0.25) is 0 Å². The first-order valence-corrected chi connectivity index (χ1v) is 12.2. The SMILES string of the molecule is COC(O)[C@H]1C[C@@H]2CCC1C2S(=O)(=O)c1cc(C(=O)Nc2cc(F)c(F)c(F)c2)ccc1Cl. The summed E-state index contributed by atoms with van der Waals surface area (Å²) < 4.78 is 72.2. The molecule has 4 rings (SSSR count). The summed E-state index contributed by atoms with van der Waals surface area (Å²) in [5, 5.41) is 11.5. The van der Waals surface area contributed by atoms with E-state index >= 15 is 0 Å². The Kier molecular flexibility index (Phi) is 6.47. The van der Waals surface area contributed by atoms with Crippen molar-refractivity contribution in [3.8, 4) is 0 Å². The lowest BCUT2D eigenvalue weighted by Crippen LogP contribution is -2.32. The predicted octanol–water partition coefficient (Wildman–Crippen LogP) is 4.16. The van der Waals surface area contributed by atoms with Crippen LogP contribution < -0.4 is 5.32 Å². The molecule has 0 spiro atoms. The minimum Gasteiger partial charge on any atom is -0.368 e. The zero-order chi connectivity index (χ0) is 24.1. The zero-order valence-corrected chi connectivity index (χ0v) is 19.0. The van der Waals surface area contributed by atoms with Crippen LogP contribution in [0.4, 0.5) is 18.9 Å². The maximum absolute atomic E-state index is 13.6. The first-order chi connectivity index (χ1) is 15.5. The third kappa shape index (κ3) is 4.25. The highest BCUT2D eigenvalue weighted by molar-refractivity contribution is 7.92. The zero-order valence-electron chi connectivity index (χ0n) is 17.4. The van der Waals surface area contributed by atoms with Crippen molar-refractivity contribution in [2.75, 3.05) is 12.4 Å². The van der Waals surface area contributed by atoms with Crippen LogP contribution >= 0.6 is 11.6 Å². The topological polar surface area (TPSA) is 92.7 Å². The molecule has 5 atom stereocenters. The standard InChI is InChI=1S/C22H21ClF3NO5S/c1-32-22(29)14-6-10-2-4-13(14)20(10)33(30,31)18-7-11(3-5-15(18)23)21(28)27-12-8-16(24)19(26)17(25)9-12/h3,5,7-10,13-14,20,22,29H,2,4,6H2,1H3,(H,27,28)/t10-,13?,14-,20?,22?/m0/s1. The van der Waals surface area contributed by atoms with Gasteiger partial charge in [-0.05, 0) is 49.3 Å². The van der Waals surface area contributed by atoms with Gasteiger partial charge in [-0.25, -0.2) is 21.6 Å². The van der Waals surface area contributed by atoms with Crippen LogP contribution in [-0.2, 0) is 14.6 Å². The second-order valence-electron chi connectivity index (χ2n) is 8.39. The number of amides is 1. The van der Waals surface area contributed by atoms with E-state index in [1.54, 1.807) is 0 Å². The number of halogens is 4. The smallest absolute Gasteiger partial charge is 0.255 e. The lowest BCUT2D eigenvalue weighted by atomic mass is 9.88. The number of carbonyl (C=O) groups excluding carboxylic acids is 1. The van der Waals surface area contributed by atoms with Crippen molar-refractivity contribution in [2.45, 2.75) is 35.7 Å². The number of benzene rings is 2. The van der Waals surface area contributed by atoms with E-state index in [9.17, 15) is 31.5 Å². The highest BCUT2D eigenvalue weighted by Gasteiger charge is 2.56. The van der Waals surface area contributed by atoms with E-state index in [-0.39, 0.29) is 38.9 Å². The molecule has 2 bridgehead atoms. The number of anilines is 1. The number of carbonyl (C=O) groups is 1. The van der Waals surface area contributed by atoms with E-state index in [1.165, 1.54) is 19.2 Å². The molecule has 6 nitrogen and oxygen atoms in total. The van der Waals surface area contributed by atoms with Crippen LogP contribution in [0.3, 0.4) is 0 Å². The van der Waals surface area contributed by atoms with Crippen molar-refractivity contribution in [1.82, 2.24) is 0 Å². The van der Waals surface area contributed by atoms with Gasteiger partial charge in [0.15, 0.2) is 33.6 Å². The molecule has 33 heavy (non-hydrogen) atoms. The van der Waals surface area contributed by atoms with Crippen LogP contribution in [0.15, 0.2) is 35.2 Å². The summed E-state index contributed by atoms with van der Waals surface area (Å²) in [6.07, 6.45) is 0.755. The number of sulfone groups is 1. The molecule has 2 N–H and O–H groups in total. The van der Waals surface area contributed by atoms with Crippen molar-refractivity contribution in [1.29, 1.82) is 0 Å². The largest absolute Gasteiger partial charge is 0.368 e. The van der Waals surface area contributed by atoms with Crippen LogP contribution in [0.2, 0.25) is 5.02 Å². The van der Waals surface area contributed by atoms with Gasteiger partial charge in [-0.15, -0.1) is 0 Å². The molecule has 0 aromatic heterocycles. The van der Waals surface area contributed by atoms with Gasteiger partial charge in [0.25, 0.3) is 5.91 Å². The van der Waals surface area contributed by atoms with E-state index in [0.717, 1.165) is 6.07 Å². The fraction of sp³-hybridized carbons (Fsp3) is 0.409. The lowest BCUT2D eigenvalue weighted by Gasteiger charge is -2.26. The minimum atomic E-state index is -3.98. The summed E-state index contributed by atoms with van der Waals surface area (Å²) in [7, 11) is -2.62. The molecule has 178 valence electrons. The Balaban J connectivity index is 1.63. The molecule has 2 aliphatic carbocycles. The van der Waals surface area contributed by atoms with Crippen LogP contribution in [0.25, 0.3) is 0 Å². The Morgan fingerprint density at radius 1 is 1.18 bits per heavy atom. The van der Waals surface area contributed by atoms with E-state index in [2.05, 4.69) is 5.32 Å². The maximum atomic E-state index is 13.6. The monoisotopic (exact) mass is 503 g/mol. The van der Waals surface area contributed by atoms with E-state index in [1.807, 2.05) is 0 Å². The summed E-state index contributed by atoms with van der Waals surface area (Å²) in [5.41, 5.74) is -0.442. The number of hydrogen-bond donors (Lipinski definition) is 2. The second-order valence-corrected chi connectivity index (χ2v) is 10.9. The van der Waals surface area contributed by atoms with Crippen molar-refractivity contribution in [3.05, 3.63) is 58.4 Å². The highest BCUT2D eigenvalue weighted by atomic mass is 35.5. The summed E-state index contributed by atoms with van der Waals surface area (Å²) in [6, 6.07) is 4.87. The number of rotatable bonds is 6. The fourth-order valence-electron chi connectivity index (χ4n) is 5.15. The number of aliphatic hydroxyl groups excluding tert-OH is 1. The van der Waals surface area contributed by atoms with Gasteiger partial charge < -0.3 is 15.2 Å². The van der Waals surface area contributed by atoms with Gasteiger partial charge in [0.1, 0.15) is 0 Å². The molecule has 0 radical (unpaired) electrons. The molecule has 2 aromatic rings. The molecule has 0 saturated heterocycles. The van der Waals surface area contributed by atoms with Crippen molar-refractivity contribution in [2.24, 2.45) is 17.8 Å². The molecule has 2 aliphatic rings. The van der Waals surface area contributed by atoms with E-state index in [4.69, 9.17) is 16.3 Å². The molecule has 2 fully saturated rings. The first-order valence-electron chi connectivity index (χ1n) is 10.2. The Labute approximate surface area is 193 Å². The van der Waals surface area contributed by atoms with Crippen LogP contribution in [0.1, 0.15) is 29.6 Å². The quantitative estimate of drug-likeness (QED) is 0.456. The molecule has 3 unspecified atom stereocenters. The van der Waals surface area contributed by atoms with Gasteiger partial charge in [0.05, 0.1) is 15.2 Å². The number of aliphatic hydroxyl groups is 1. The molecule has 2 saturated carbocycles. The van der Waals surface area contributed by atoms with Gasteiger partial charge in [-0.3, -0.25) is 4.79 Å². The number of fused-ring (bicyclic) bond motifs is 2. The van der Waals surface area contributed by atoms with Crippen LogP contribution in [0.5, 0.6) is 0 Å². The lowest BCUT2D eigenvalue weighted by molar-refractivity contribution is -0.124. The van der Waals surface area contributed by atoms with E-state index in [0.29, 0.717) is 31.4 Å². The average molecular weight is 504 g/mol. The fourth-order valence-corrected chi connectivity index (χ4v) is 8.06. The second kappa shape index (κ2) is 8.90. The number of nitrogens with one attached hydrogen (secondary N) is 1. The number of ether oxygens (including phenoxy) is 1. The molecular formula is C22H21ClF3NO5S. The third-order valence-electron chi connectivity index (χ3n) is 6.59. The summed E-state index contributed by atoms with van der Waals surface area (Å²) >= 11 is 6.20. The summed E-state index contributed by atoms with van der Waals surface area (Å²) in [6.45, 7) is 0. The molecule has 11 heteroatoms. The predicted molar refractivity (Wildman–Crippen MR) is 114 cm³/mol. The normalized spacial score (nSPS) is 25.3. The maximum Gasteiger partial charge on any atom is 0.255 e. The van der Waals surface area contributed by atoms with Gasteiger partial charge >= 0.3 is 0 Å². The minimum absolute atomic E-state index is 0.0689. The van der Waals surface area contributed by atoms with Gasteiger partial charge in [0, 0.05) is 36.4 Å². The van der Waals surface area contributed by atoms with Crippen molar-refractivity contribution in [3.63, 3.8) is 0 Å². The van der Waals surface area contributed by atoms with Crippen LogP contribution in [0, 0.1) is 35.2 Å². The summed E-state index contributed by atoms with van der Waals surface area (Å²) in [4.78, 5) is 12.4. The average Bonchev–Trinajstić information content (AvgIpc) is 3.36. The highest BCUT2D eigenvalue weighted by Crippen LogP contribution is 2.54. The first kappa shape index (κ1) is 24.0. The summed E-state index contributed by atoms with van der Waals surface area (Å²) in [5.74, 6) is -6.28. The van der Waals surface area contributed by atoms with Gasteiger partial charge in [-0.2, -0.15) is 0 Å². The molecule has 0 heterocycles. The molecule has 2 aromatic carbocycles. The Morgan fingerprint density at radius 2 is 1.85 bits per heavy atom. The van der Waals surface area contributed by atoms with Crippen LogP contribution in [-0.4, -0.2) is 38.1 Å². The molecular weight excluding hydrogens is 483 g/mol. The molecule has 1 amide bonds. The number of methoxy groups -OCH3 is 1. The van der Waals surface area contributed by atoms with E-state index < -0.39 is 44.7 Å². The Morgan fingerprint density at radius 3 is 2.48 bits per heavy atom. The Hall–Kier alpha value is -2.14.